The Bertz CT molecular complexity index is 1790. The molecule has 2 atom stereocenters. The van der Waals surface area contributed by atoms with E-state index in [2.05, 4.69) is 10.5 Å². The average Bonchev–Trinajstić information content (AvgIpc) is 3.31. The number of para-hydroxylation sites is 2. The van der Waals surface area contributed by atoms with E-state index in [9.17, 15) is 24.5 Å². The lowest BCUT2D eigenvalue weighted by Gasteiger charge is -2.52. The molecule has 8 rings (SSSR count). The van der Waals surface area contributed by atoms with Gasteiger partial charge < -0.3 is 0 Å². The number of hydrazone groups is 1. The van der Waals surface area contributed by atoms with Crippen LogP contribution in [-0.4, -0.2) is 28.9 Å². The summed E-state index contributed by atoms with van der Waals surface area (Å²) >= 11 is 0. The molecular weight excluding hydrogens is 544 g/mol. The molecule has 0 unspecified atom stereocenters. The van der Waals surface area contributed by atoms with Crippen LogP contribution in [0.25, 0.3) is 0 Å². The summed E-state index contributed by atoms with van der Waals surface area (Å²) in [5.74, 6) is -3.44. The Morgan fingerprint density at radius 3 is 2.14 bits per heavy atom. The molecule has 1 heterocycles. The van der Waals surface area contributed by atoms with Crippen LogP contribution in [0.2, 0.25) is 0 Å². The minimum Gasteiger partial charge on any atom is -0.274 e. The standard InChI is InChI=1S/C34H26N4O5/c39-28(19-18-21-10-2-1-3-11-21)36-35-20-34-24-14-6-4-12-22(24)29(23-13-5-7-15-25(23)34)30-31(34)33(41)37(32(30)40)26-16-8-9-17-27(26)38(42)43/h1-17,20,29-31H,18-19H2,(H,36,39)/b35-20-/t29?,30-,31+,34?/m1/s1. The maximum atomic E-state index is 14.4. The van der Waals surface area contributed by atoms with Crippen molar-refractivity contribution in [3.05, 3.63) is 141 Å². The fraction of sp³-hybridized carbons (Fsp3) is 0.176. The number of hydrogen-bond donors (Lipinski definition) is 1. The number of benzene rings is 4. The first-order chi connectivity index (χ1) is 20.9. The van der Waals surface area contributed by atoms with E-state index < -0.39 is 39.9 Å². The number of nitro benzene ring substituents is 1. The van der Waals surface area contributed by atoms with Gasteiger partial charge in [-0.1, -0.05) is 91.0 Å². The van der Waals surface area contributed by atoms with Crippen molar-refractivity contribution in [3.63, 3.8) is 0 Å². The molecule has 4 aliphatic rings. The summed E-state index contributed by atoms with van der Waals surface area (Å²) < 4.78 is 0. The third-order valence-corrected chi connectivity index (χ3v) is 8.94. The van der Waals surface area contributed by atoms with E-state index in [1.54, 1.807) is 12.3 Å². The van der Waals surface area contributed by atoms with Crippen LogP contribution in [-0.2, 0) is 26.2 Å². The Morgan fingerprint density at radius 1 is 0.860 bits per heavy atom. The SMILES string of the molecule is O=C(CCc1ccccc1)N/N=C\C12c3ccccc3C(c3ccccc31)[C@H]1C(=O)N(c3ccccc3[N+](=O)[O-])C(=O)[C@H]12. The molecule has 1 fully saturated rings. The molecule has 9 heteroatoms. The van der Waals surface area contributed by atoms with Gasteiger partial charge in [0.15, 0.2) is 0 Å². The number of nitrogens with zero attached hydrogens (tertiary/aromatic N) is 3. The summed E-state index contributed by atoms with van der Waals surface area (Å²) in [6, 6.07) is 30.8. The van der Waals surface area contributed by atoms with E-state index in [4.69, 9.17) is 0 Å². The third-order valence-electron chi connectivity index (χ3n) is 8.94. The Balaban J connectivity index is 1.33. The quantitative estimate of drug-likeness (QED) is 0.147. The first-order valence-electron chi connectivity index (χ1n) is 14.1. The Labute approximate surface area is 247 Å². The molecule has 1 aliphatic heterocycles. The highest BCUT2D eigenvalue weighted by molar-refractivity contribution is 6.25. The van der Waals surface area contributed by atoms with Gasteiger partial charge in [0.05, 0.1) is 22.2 Å². The highest BCUT2D eigenvalue weighted by Crippen LogP contribution is 2.63. The first-order valence-corrected chi connectivity index (χ1v) is 14.1. The fourth-order valence-electron chi connectivity index (χ4n) is 7.26. The lowest BCUT2D eigenvalue weighted by atomic mass is 9.47. The van der Waals surface area contributed by atoms with Crippen molar-refractivity contribution < 1.29 is 19.3 Å². The van der Waals surface area contributed by atoms with Gasteiger partial charge in [0.1, 0.15) is 5.69 Å². The van der Waals surface area contributed by atoms with Crippen LogP contribution in [0.3, 0.4) is 0 Å². The molecule has 3 amide bonds. The second kappa shape index (κ2) is 10.1. The molecule has 0 saturated carbocycles. The molecule has 0 aromatic heterocycles. The minimum atomic E-state index is -1.19. The summed E-state index contributed by atoms with van der Waals surface area (Å²) in [6.07, 6.45) is 2.36. The lowest BCUT2D eigenvalue weighted by Crippen LogP contribution is -2.54. The van der Waals surface area contributed by atoms with Crippen molar-refractivity contribution in [2.45, 2.75) is 24.2 Å². The zero-order valence-corrected chi connectivity index (χ0v) is 22.9. The number of nitro groups is 1. The van der Waals surface area contributed by atoms with E-state index in [0.29, 0.717) is 6.42 Å². The second-order valence-corrected chi connectivity index (χ2v) is 11.1. The topological polar surface area (TPSA) is 122 Å². The highest BCUT2D eigenvalue weighted by atomic mass is 16.6. The molecular formula is C34H26N4O5. The van der Waals surface area contributed by atoms with Crippen LogP contribution in [0, 0.1) is 22.0 Å². The number of rotatable bonds is 7. The maximum absolute atomic E-state index is 14.4. The Morgan fingerprint density at radius 2 is 1.47 bits per heavy atom. The number of aryl methyl sites for hydroxylation is 1. The smallest absolute Gasteiger partial charge is 0.274 e. The first kappa shape index (κ1) is 26.5. The normalized spacial score (nSPS) is 23.2. The monoisotopic (exact) mass is 570 g/mol. The zero-order valence-electron chi connectivity index (χ0n) is 22.9. The summed E-state index contributed by atoms with van der Waals surface area (Å²) in [4.78, 5) is 53.8. The maximum Gasteiger partial charge on any atom is 0.293 e. The molecule has 43 heavy (non-hydrogen) atoms. The number of carbonyl (C=O) groups is 3. The van der Waals surface area contributed by atoms with Gasteiger partial charge in [0.2, 0.25) is 17.7 Å². The molecule has 1 saturated heterocycles. The second-order valence-electron chi connectivity index (χ2n) is 11.1. The third kappa shape index (κ3) is 3.92. The van der Waals surface area contributed by atoms with Crippen LogP contribution < -0.4 is 10.3 Å². The van der Waals surface area contributed by atoms with Crippen LogP contribution in [0.15, 0.2) is 108 Å². The van der Waals surface area contributed by atoms with Gasteiger partial charge in [0, 0.05) is 24.6 Å². The number of amides is 3. The van der Waals surface area contributed by atoms with Gasteiger partial charge in [-0.3, -0.25) is 24.5 Å². The Hall–Kier alpha value is -5.44. The van der Waals surface area contributed by atoms with Gasteiger partial charge >= 0.3 is 0 Å². The van der Waals surface area contributed by atoms with E-state index >= 15 is 0 Å². The summed E-state index contributed by atoms with van der Waals surface area (Å²) in [6.45, 7) is 0. The zero-order chi connectivity index (χ0) is 29.7. The van der Waals surface area contributed by atoms with Crippen LogP contribution in [0.4, 0.5) is 11.4 Å². The largest absolute Gasteiger partial charge is 0.293 e. The van der Waals surface area contributed by atoms with Gasteiger partial charge in [-0.15, -0.1) is 0 Å². The molecule has 4 aromatic carbocycles. The van der Waals surface area contributed by atoms with Crippen molar-refractivity contribution in [2.75, 3.05) is 4.90 Å². The van der Waals surface area contributed by atoms with Crippen LogP contribution in [0.5, 0.6) is 0 Å². The number of carbonyl (C=O) groups excluding carboxylic acids is 3. The Kier molecular flexibility index (Phi) is 6.23. The number of hydrogen-bond acceptors (Lipinski definition) is 6. The summed E-state index contributed by atoms with van der Waals surface area (Å²) in [5, 5.41) is 16.3. The molecule has 1 N–H and O–H groups in total. The fourth-order valence-corrected chi connectivity index (χ4v) is 7.26. The van der Waals surface area contributed by atoms with E-state index in [-0.39, 0.29) is 23.7 Å². The van der Waals surface area contributed by atoms with Gasteiger partial charge in [-0.25, -0.2) is 10.3 Å². The number of imide groups is 1. The van der Waals surface area contributed by atoms with Crippen molar-refractivity contribution >= 4 is 35.3 Å². The lowest BCUT2D eigenvalue weighted by molar-refractivity contribution is -0.384. The molecule has 0 radical (unpaired) electrons. The summed E-state index contributed by atoms with van der Waals surface area (Å²) in [5.41, 5.74) is 5.56. The number of anilines is 1. The van der Waals surface area contributed by atoms with E-state index in [1.165, 1.54) is 18.2 Å². The molecule has 212 valence electrons. The number of nitrogens with one attached hydrogen (secondary N) is 1. The molecule has 2 bridgehead atoms. The van der Waals surface area contributed by atoms with Crippen molar-refractivity contribution in [1.29, 1.82) is 0 Å². The van der Waals surface area contributed by atoms with Gasteiger partial charge in [-0.2, -0.15) is 5.10 Å². The highest BCUT2D eigenvalue weighted by Gasteiger charge is 2.68. The minimum absolute atomic E-state index is 0.0503. The van der Waals surface area contributed by atoms with Crippen LogP contribution in [0.1, 0.15) is 40.2 Å². The molecule has 4 aromatic rings. The predicted octanol–water partition coefficient (Wildman–Crippen LogP) is 4.88. The molecule has 3 aliphatic carbocycles. The molecule has 9 nitrogen and oxygen atoms in total. The van der Waals surface area contributed by atoms with E-state index in [0.717, 1.165) is 32.7 Å². The van der Waals surface area contributed by atoms with Crippen molar-refractivity contribution in [1.82, 2.24) is 5.43 Å². The van der Waals surface area contributed by atoms with Gasteiger partial charge in [-0.05, 0) is 40.3 Å². The predicted molar refractivity (Wildman–Crippen MR) is 159 cm³/mol. The van der Waals surface area contributed by atoms with Gasteiger partial charge in [0.25, 0.3) is 5.69 Å². The van der Waals surface area contributed by atoms with Crippen molar-refractivity contribution in [2.24, 2.45) is 16.9 Å². The average molecular weight is 571 g/mol. The molecule has 0 spiro atoms. The van der Waals surface area contributed by atoms with E-state index in [1.807, 2.05) is 78.9 Å². The summed E-state index contributed by atoms with van der Waals surface area (Å²) in [7, 11) is 0. The van der Waals surface area contributed by atoms with Crippen LogP contribution >= 0.6 is 0 Å². The van der Waals surface area contributed by atoms with Crippen molar-refractivity contribution in [3.8, 4) is 0 Å².